The summed E-state index contributed by atoms with van der Waals surface area (Å²) in [5.74, 6) is -0.438. The molecule has 0 aliphatic rings. The smallest absolute Gasteiger partial charge is 0.311 e. The van der Waals surface area contributed by atoms with Crippen molar-refractivity contribution in [3.05, 3.63) is 144 Å². The van der Waals surface area contributed by atoms with Crippen LogP contribution >= 0.6 is 0 Å². The van der Waals surface area contributed by atoms with Gasteiger partial charge in [-0.2, -0.15) is 0 Å². The molecule has 0 amide bonds. The molecule has 0 bridgehead atoms. The van der Waals surface area contributed by atoms with Gasteiger partial charge in [-0.3, -0.25) is 9.53 Å². The molecule has 0 heterocycles. The molecule has 3 unspecified atom stereocenters. The van der Waals surface area contributed by atoms with Crippen molar-refractivity contribution in [2.45, 2.75) is 85.4 Å². The van der Waals surface area contributed by atoms with Crippen LogP contribution in [0.4, 0.5) is 0 Å². The van der Waals surface area contributed by atoms with Gasteiger partial charge in [0.05, 0.1) is 37.9 Å². The number of rotatable bonds is 20. The summed E-state index contributed by atoms with van der Waals surface area (Å²) >= 11 is 0. The lowest BCUT2D eigenvalue weighted by Gasteiger charge is -2.34. The number of esters is 1. The van der Waals surface area contributed by atoms with E-state index in [1.54, 1.807) is 27.7 Å². The molecule has 0 aromatic heterocycles. The summed E-state index contributed by atoms with van der Waals surface area (Å²) in [7, 11) is 0. The molecule has 0 aliphatic heterocycles. The summed E-state index contributed by atoms with van der Waals surface area (Å²) < 4.78 is 43.3. The Labute approximate surface area is 289 Å². The minimum atomic E-state index is -1.31. The van der Waals surface area contributed by atoms with Gasteiger partial charge < -0.3 is 33.5 Å². The van der Waals surface area contributed by atoms with Crippen LogP contribution in [-0.2, 0) is 64.4 Å². The van der Waals surface area contributed by atoms with Gasteiger partial charge in [-0.1, -0.05) is 121 Å². The fourth-order valence-electron chi connectivity index (χ4n) is 4.42. The maximum absolute atomic E-state index is 12.7. The van der Waals surface area contributed by atoms with Gasteiger partial charge in [-0.25, -0.2) is 0 Å². The number of ether oxygens (including phenoxy) is 7. The highest BCUT2D eigenvalue weighted by molar-refractivity contribution is 5.75. The Balaban J connectivity index is 1.63. The molecule has 1 N–H and O–H groups in total. The minimum Gasteiger partial charge on any atom is -0.462 e. The molecule has 0 saturated heterocycles. The van der Waals surface area contributed by atoms with Gasteiger partial charge in [0.25, 0.3) is 6.48 Å². The molecular weight excluding hydrogens is 624 g/mol. The van der Waals surface area contributed by atoms with Crippen LogP contribution in [0.2, 0.25) is 0 Å². The summed E-state index contributed by atoms with van der Waals surface area (Å²) in [5, 5.41) is 10.8. The van der Waals surface area contributed by atoms with Crippen molar-refractivity contribution in [3.8, 4) is 0 Å². The number of carbonyl (C=O) groups is 1. The quantitative estimate of drug-likeness (QED) is 0.0774. The molecule has 4 rings (SSSR count). The molecule has 9 heteroatoms. The standard InChI is InChI=1S/C40H48O9/c1-30(41)35(29-45-38(42)40(2,3)4)48-37(36(43-25-31-17-9-5-10-18-31)44-26-32-19-11-6-12-20-32)49-39(46-27-33-21-13-7-14-22-33)47-28-34-23-15-8-16-24-34/h5-24,30,35-37,39,41H,25-29H2,1-4H3. The van der Waals surface area contributed by atoms with Crippen LogP contribution in [0.15, 0.2) is 121 Å². The zero-order valence-electron chi connectivity index (χ0n) is 28.7. The van der Waals surface area contributed by atoms with Gasteiger partial charge >= 0.3 is 5.97 Å². The van der Waals surface area contributed by atoms with E-state index in [1.807, 2.05) is 121 Å². The Hall–Kier alpha value is -3.93. The van der Waals surface area contributed by atoms with E-state index in [-0.39, 0.29) is 33.0 Å². The molecule has 0 radical (unpaired) electrons. The third-order valence-electron chi connectivity index (χ3n) is 7.28. The summed E-state index contributed by atoms with van der Waals surface area (Å²) in [6.07, 6.45) is -4.51. The van der Waals surface area contributed by atoms with Crippen molar-refractivity contribution in [2.75, 3.05) is 6.61 Å². The third kappa shape index (κ3) is 13.8. The first-order valence-corrected chi connectivity index (χ1v) is 16.5. The molecule has 262 valence electrons. The van der Waals surface area contributed by atoms with E-state index in [1.165, 1.54) is 0 Å². The fourth-order valence-corrected chi connectivity index (χ4v) is 4.42. The summed E-state index contributed by atoms with van der Waals surface area (Å²) in [5.41, 5.74) is 2.87. The first kappa shape index (κ1) is 37.9. The molecule has 0 saturated carbocycles. The molecule has 49 heavy (non-hydrogen) atoms. The van der Waals surface area contributed by atoms with Gasteiger partial charge in [0, 0.05) is 0 Å². The van der Waals surface area contributed by atoms with Crippen molar-refractivity contribution in [1.29, 1.82) is 0 Å². The first-order valence-electron chi connectivity index (χ1n) is 16.5. The van der Waals surface area contributed by atoms with Gasteiger partial charge in [-0.05, 0) is 49.9 Å². The summed E-state index contributed by atoms with van der Waals surface area (Å²) in [6, 6.07) is 38.5. The molecule has 0 spiro atoms. The van der Waals surface area contributed by atoms with E-state index in [9.17, 15) is 9.90 Å². The van der Waals surface area contributed by atoms with Crippen molar-refractivity contribution in [3.63, 3.8) is 0 Å². The van der Waals surface area contributed by atoms with Crippen LogP contribution < -0.4 is 0 Å². The number of benzene rings is 4. The molecule has 9 nitrogen and oxygen atoms in total. The van der Waals surface area contributed by atoms with Gasteiger partial charge in [-0.15, -0.1) is 0 Å². The number of aliphatic hydroxyl groups excluding tert-OH is 1. The van der Waals surface area contributed by atoms with E-state index in [0.717, 1.165) is 22.3 Å². The second-order valence-electron chi connectivity index (χ2n) is 12.6. The highest BCUT2D eigenvalue weighted by atomic mass is 16.9. The van der Waals surface area contributed by atoms with Gasteiger partial charge in [0.2, 0.25) is 12.6 Å². The van der Waals surface area contributed by atoms with Crippen LogP contribution in [0.1, 0.15) is 49.9 Å². The zero-order chi connectivity index (χ0) is 34.9. The van der Waals surface area contributed by atoms with Crippen LogP contribution in [0.5, 0.6) is 0 Å². The average Bonchev–Trinajstić information content (AvgIpc) is 3.11. The number of aliphatic hydroxyl groups is 1. The summed E-state index contributed by atoms with van der Waals surface area (Å²) in [6.45, 7) is 6.01. The first-order chi connectivity index (χ1) is 23.7. The molecular formula is C40H48O9. The fraction of sp³-hybridized carbons (Fsp3) is 0.375. The van der Waals surface area contributed by atoms with Gasteiger partial charge in [0.1, 0.15) is 12.7 Å². The van der Waals surface area contributed by atoms with Crippen molar-refractivity contribution in [2.24, 2.45) is 5.41 Å². The van der Waals surface area contributed by atoms with E-state index < -0.39 is 42.6 Å². The Morgan fingerprint density at radius 2 is 0.939 bits per heavy atom. The van der Waals surface area contributed by atoms with Crippen LogP contribution in [0, 0.1) is 5.41 Å². The number of hydrogen-bond acceptors (Lipinski definition) is 9. The lowest BCUT2D eigenvalue weighted by atomic mass is 9.97. The van der Waals surface area contributed by atoms with Crippen molar-refractivity contribution >= 4 is 5.97 Å². The Bertz CT molecular complexity index is 1370. The summed E-state index contributed by atoms with van der Waals surface area (Å²) in [4.78, 5) is 12.7. The van der Waals surface area contributed by atoms with Gasteiger partial charge in [0.15, 0.2) is 0 Å². The molecule has 4 aromatic rings. The Morgan fingerprint density at radius 3 is 1.29 bits per heavy atom. The van der Waals surface area contributed by atoms with E-state index >= 15 is 0 Å². The maximum atomic E-state index is 12.7. The van der Waals surface area contributed by atoms with Crippen LogP contribution in [0.25, 0.3) is 0 Å². The molecule has 0 fully saturated rings. The molecule has 3 atom stereocenters. The Kier molecular flexibility index (Phi) is 15.4. The predicted molar refractivity (Wildman–Crippen MR) is 184 cm³/mol. The van der Waals surface area contributed by atoms with E-state index in [4.69, 9.17) is 33.2 Å². The van der Waals surface area contributed by atoms with E-state index in [0.29, 0.717) is 0 Å². The average molecular weight is 673 g/mol. The monoisotopic (exact) mass is 672 g/mol. The van der Waals surface area contributed by atoms with Crippen molar-refractivity contribution < 1.29 is 43.1 Å². The lowest BCUT2D eigenvalue weighted by Crippen LogP contribution is -2.46. The molecule has 0 aliphatic carbocycles. The van der Waals surface area contributed by atoms with Crippen LogP contribution in [0.3, 0.4) is 0 Å². The number of hydrogen-bond donors (Lipinski definition) is 1. The maximum Gasteiger partial charge on any atom is 0.311 e. The number of carbonyl (C=O) groups excluding carboxylic acids is 1. The second kappa shape index (κ2) is 19.9. The van der Waals surface area contributed by atoms with Crippen molar-refractivity contribution in [1.82, 2.24) is 0 Å². The second-order valence-corrected chi connectivity index (χ2v) is 12.6. The Morgan fingerprint density at radius 1 is 0.571 bits per heavy atom. The minimum absolute atomic E-state index is 0.169. The topological polar surface area (TPSA) is 102 Å². The normalized spacial score (nSPS) is 13.7. The van der Waals surface area contributed by atoms with Crippen LogP contribution in [-0.4, -0.2) is 48.9 Å². The van der Waals surface area contributed by atoms with E-state index in [2.05, 4.69) is 0 Å². The highest BCUT2D eigenvalue weighted by Gasteiger charge is 2.35. The SMILES string of the molecule is CC(O)C(COC(=O)C(C)(C)C)OC(OC(OCc1ccccc1)OCc1ccccc1)C(OCc1ccccc1)OCc1ccccc1. The highest BCUT2D eigenvalue weighted by Crippen LogP contribution is 2.22. The lowest BCUT2D eigenvalue weighted by molar-refractivity contribution is -0.397. The zero-order valence-corrected chi connectivity index (χ0v) is 28.7. The third-order valence-corrected chi connectivity index (χ3v) is 7.28. The molecule has 4 aromatic carbocycles. The largest absolute Gasteiger partial charge is 0.462 e. The predicted octanol–water partition coefficient (Wildman–Crippen LogP) is 7.16.